The molecule has 19 heavy (non-hydrogen) atoms. The Labute approximate surface area is 115 Å². The maximum atomic E-state index is 11.8. The van der Waals surface area contributed by atoms with Crippen LogP contribution in [0.25, 0.3) is 0 Å². The average Bonchev–Trinajstić information content (AvgIpc) is 2.55. The van der Waals surface area contributed by atoms with E-state index in [4.69, 9.17) is 0 Å². The number of aryl methyl sites for hydroxylation is 3. The Bertz CT molecular complexity index is 473. The van der Waals surface area contributed by atoms with Crippen LogP contribution >= 0.6 is 0 Å². The van der Waals surface area contributed by atoms with E-state index < -0.39 is 6.10 Å². The second kappa shape index (κ2) is 5.33. The van der Waals surface area contributed by atoms with Crippen LogP contribution in [0.2, 0.25) is 0 Å². The van der Waals surface area contributed by atoms with E-state index in [0.29, 0.717) is 18.9 Å². The first-order valence-corrected chi connectivity index (χ1v) is 6.92. The monoisotopic (exact) mass is 261 g/mol. The van der Waals surface area contributed by atoms with Crippen molar-refractivity contribution in [1.29, 1.82) is 0 Å². The summed E-state index contributed by atoms with van der Waals surface area (Å²) in [6, 6.07) is 4.17. The number of hydrogen-bond donors (Lipinski definition) is 1. The lowest BCUT2D eigenvalue weighted by atomic mass is 9.95. The molecule has 1 aromatic carbocycles. The first-order valence-electron chi connectivity index (χ1n) is 6.92. The summed E-state index contributed by atoms with van der Waals surface area (Å²) in [6.45, 7) is 9.35. The van der Waals surface area contributed by atoms with Crippen molar-refractivity contribution in [3.63, 3.8) is 0 Å². The number of rotatable bonds is 3. The predicted molar refractivity (Wildman–Crippen MR) is 76.0 cm³/mol. The van der Waals surface area contributed by atoms with Gasteiger partial charge in [0.05, 0.1) is 12.6 Å². The Morgan fingerprint density at radius 2 is 1.89 bits per heavy atom. The van der Waals surface area contributed by atoms with Gasteiger partial charge in [0, 0.05) is 13.0 Å². The zero-order chi connectivity index (χ0) is 14.2. The third kappa shape index (κ3) is 2.98. The zero-order valence-corrected chi connectivity index (χ0v) is 12.2. The molecule has 0 spiro atoms. The summed E-state index contributed by atoms with van der Waals surface area (Å²) in [5.41, 5.74) is 4.38. The molecule has 1 fully saturated rings. The molecule has 0 saturated carbocycles. The summed E-state index contributed by atoms with van der Waals surface area (Å²) >= 11 is 0. The van der Waals surface area contributed by atoms with Gasteiger partial charge in [-0.05, 0) is 43.4 Å². The molecule has 1 amide bonds. The standard InChI is InChI=1S/C16H23NO2/c1-10-5-12(3)16(13(4)6-10)14(18)9-17-8-11(2)7-15(17)19/h5-6,11,14,18H,7-9H2,1-4H3. The van der Waals surface area contributed by atoms with Gasteiger partial charge >= 0.3 is 0 Å². The molecule has 1 aliphatic heterocycles. The molecule has 0 radical (unpaired) electrons. The normalized spacial score (nSPS) is 21.0. The molecule has 104 valence electrons. The maximum absolute atomic E-state index is 11.8. The average molecular weight is 261 g/mol. The summed E-state index contributed by atoms with van der Waals surface area (Å²) in [6.07, 6.45) is 0.0216. The molecule has 3 heteroatoms. The number of carbonyl (C=O) groups excluding carboxylic acids is 1. The van der Waals surface area contributed by atoms with Crippen LogP contribution in [0.15, 0.2) is 12.1 Å². The fourth-order valence-electron chi connectivity index (χ4n) is 3.16. The number of carbonyl (C=O) groups is 1. The zero-order valence-electron chi connectivity index (χ0n) is 12.2. The molecule has 2 rings (SSSR count). The number of β-amino-alcohol motifs (C(OH)–C–C–N with tert-alkyl or cyclic N) is 1. The molecule has 1 aliphatic rings. The Kier molecular flexibility index (Phi) is 3.95. The first kappa shape index (κ1) is 14.1. The van der Waals surface area contributed by atoms with Gasteiger partial charge in [-0.3, -0.25) is 4.79 Å². The maximum Gasteiger partial charge on any atom is 0.223 e. The van der Waals surface area contributed by atoms with Crippen molar-refractivity contribution >= 4 is 5.91 Å². The molecule has 2 unspecified atom stereocenters. The Morgan fingerprint density at radius 3 is 2.37 bits per heavy atom. The molecular formula is C16H23NO2. The highest BCUT2D eigenvalue weighted by molar-refractivity contribution is 5.78. The van der Waals surface area contributed by atoms with Gasteiger partial charge in [-0.15, -0.1) is 0 Å². The predicted octanol–water partition coefficient (Wildman–Crippen LogP) is 2.51. The third-order valence-corrected chi connectivity index (χ3v) is 3.87. The minimum Gasteiger partial charge on any atom is -0.387 e. The van der Waals surface area contributed by atoms with Crippen LogP contribution in [-0.2, 0) is 4.79 Å². The molecule has 1 heterocycles. The highest BCUT2D eigenvalue weighted by Gasteiger charge is 2.28. The second-order valence-corrected chi connectivity index (χ2v) is 5.94. The summed E-state index contributed by atoms with van der Waals surface area (Å²) < 4.78 is 0. The summed E-state index contributed by atoms with van der Waals surface area (Å²) in [7, 11) is 0. The number of amides is 1. The van der Waals surface area contributed by atoms with Gasteiger partial charge in [-0.25, -0.2) is 0 Å². The molecule has 0 aromatic heterocycles. The third-order valence-electron chi connectivity index (χ3n) is 3.87. The molecule has 1 N–H and O–H groups in total. The van der Waals surface area contributed by atoms with Crippen LogP contribution in [0.1, 0.15) is 41.7 Å². The van der Waals surface area contributed by atoms with Crippen molar-refractivity contribution in [2.24, 2.45) is 5.92 Å². The van der Waals surface area contributed by atoms with Crippen LogP contribution in [-0.4, -0.2) is 29.0 Å². The van der Waals surface area contributed by atoms with Gasteiger partial charge in [-0.2, -0.15) is 0 Å². The fraction of sp³-hybridized carbons (Fsp3) is 0.562. The van der Waals surface area contributed by atoms with Gasteiger partial charge in [0.15, 0.2) is 0 Å². The summed E-state index contributed by atoms with van der Waals surface area (Å²) in [5, 5.41) is 10.4. The minimum absolute atomic E-state index is 0.161. The van der Waals surface area contributed by atoms with E-state index in [9.17, 15) is 9.90 Å². The van der Waals surface area contributed by atoms with Crippen LogP contribution in [0.4, 0.5) is 0 Å². The van der Waals surface area contributed by atoms with Crippen molar-refractivity contribution in [2.75, 3.05) is 13.1 Å². The lowest BCUT2D eigenvalue weighted by Crippen LogP contribution is -2.30. The Hall–Kier alpha value is -1.35. The van der Waals surface area contributed by atoms with E-state index in [2.05, 4.69) is 26.0 Å². The van der Waals surface area contributed by atoms with Crippen LogP contribution < -0.4 is 0 Å². The van der Waals surface area contributed by atoms with E-state index >= 15 is 0 Å². The van der Waals surface area contributed by atoms with Crippen molar-refractivity contribution in [1.82, 2.24) is 4.90 Å². The number of benzene rings is 1. The van der Waals surface area contributed by atoms with Gasteiger partial charge in [0.25, 0.3) is 0 Å². The molecular weight excluding hydrogens is 238 g/mol. The second-order valence-electron chi connectivity index (χ2n) is 5.94. The molecule has 1 aromatic rings. The van der Waals surface area contributed by atoms with E-state index in [-0.39, 0.29) is 5.91 Å². The van der Waals surface area contributed by atoms with Crippen molar-refractivity contribution in [3.8, 4) is 0 Å². The number of aliphatic hydroxyl groups is 1. The number of likely N-dealkylation sites (tertiary alicyclic amines) is 1. The van der Waals surface area contributed by atoms with Gasteiger partial charge < -0.3 is 10.0 Å². The molecule has 1 saturated heterocycles. The Morgan fingerprint density at radius 1 is 1.32 bits per heavy atom. The summed E-state index contributed by atoms with van der Waals surface area (Å²) in [5.74, 6) is 0.564. The smallest absolute Gasteiger partial charge is 0.223 e. The fourth-order valence-corrected chi connectivity index (χ4v) is 3.16. The highest BCUT2D eigenvalue weighted by atomic mass is 16.3. The lowest BCUT2D eigenvalue weighted by Gasteiger charge is -2.23. The quantitative estimate of drug-likeness (QED) is 0.908. The van der Waals surface area contributed by atoms with E-state index in [1.165, 1.54) is 5.56 Å². The van der Waals surface area contributed by atoms with Crippen molar-refractivity contribution in [2.45, 2.75) is 40.2 Å². The van der Waals surface area contributed by atoms with E-state index in [0.717, 1.165) is 23.2 Å². The lowest BCUT2D eigenvalue weighted by molar-refractivity contribution is -0.129. The topological polar surface area (TPSA) is 40.5 Å². The number of aliphatic hydroxyl groups excluding tert-OH is 1. The Balaban J connectivity index is 2.16. The molecule has 0 aliphatic carbocycles. The number of hydrogen-bond acceptors (Lipinski definition) is 2. The van der Waals surface area contributed by atoms with Crippen LogP contribution in [0.5, 0.6) is 0 Å². The van der Waals surface area contributed by atoms with Crippen molar-refractivity contribution < 1.29 is 9.90 Å². The van der Waals surface area contributed by atoms with Crippen LogP contribution in [0.3, 0.4) is 0 Å². The van der Waals surface area contributed by atoms with Gasteiger partial charge in [0.2, 0.25) is 5.91 Å². The SMILES string of the molecule is Cc1cc(C)c(C(O)CN2CC(C)CC2=O)c(C)c1. The van der Waals surface area contributed by atoms with Gasteiger partial charge in [-0.1, -0.05) is 24.6 Å². The largest absolute Gasteiger partial charge is 0.387 e. The van der Waals surface area contributed by atoms with Crippen molar-refractivity contribution in [3.05, 3.63) is 34.4 Å². The van der Waals surface area contributed by atoms with E-state index in [1.54, 1.807) is 4.90 Å². The highest BCUT2D eigenvalue weighted by Crippen LogP contribution is 2.26. The molecule has 0 bridgehead atoms. The van der Waals surface area contributed by atoms with E-state index in [1.807, 2.05) is 13.8 Å². The minimum atomic E-state index is -0.588. The first-order chi connectivity index (χ1) is 8.88. The summed E-state index contributed by atoms with van der Waals surface area (Å²) in [4.78, 5) is 13.6. The molecule has 3 nitrogen and oxygen atoms in total. The number of nitrogens with zero attached hydrogens (tertiary/aromatic N) is 1. The van der Waals surface area contributed by atoms with Gasteiger partial charge in [0.1, 0.15) is 0 Å². The molecule has 2 atom stereocenters. The van der Waals surface area contributed by atoms with Crippen LogP contribution in [0, 0.1) is 26.7 Å².